The molecule has 0 aromatic heterocycles. The molecule has 0 bridgehead atoms. The Balaban J connectivity index is 1.67. The largest absolute Gasteiger partial charge is 0.486 e. The number of hydrogen-bond acceptors (Lipinski definition) is 4. The van der Waals surface area contributed by atoms with Gasteiger partial charge in [-0.15, -0.1) is 0 Å². The van der Waals surface area contributed by atoms with E-state index < -0.39 is 0 Å². The number of nitrogens with zero attached hydrogens (tertiary/aromatic N) is 2. The average molecular weight is 334 g/mol. The number of nitrogens with one attached hydrogen (secondary N) is 2. The molecule has 0 saturated carbocycles. The number of hydrogen-bond donors (Lipinski definition) is 2. The number of rotatable bonds is 8. The number of para-hydroxylation sites is 2. The van der Waals surface area contributed by atoms with Gasteiger partial charge < -0.3 is 25.0 Å². The second kappa shape index (κ2) is 10.0. The molecule has 24 heavy (non-hydrogen) atoms. The van der Waals surface area contributed by atoms with Crippen LogP contribution in [0.2, 0.25) is 0 Å². The van der Waals surface area contributed by atoms with E-state index in [0.29, 0.717) is 13.2 Å². The van der Waals surface area contributed by atoms with Crippen LogP contribution in [0.25, 0.3) is 0 Å². The Bertz CT molecular complexity index is 521. The number of ether oxygens (including phenoxy) is 2. The molecule has 1 aromatic carbocycles. The Kier molecular flexibility index (Phi) is 7.68. The van der Waals surface area contributed by atoms with Crippen LogP contribution in [0, 0.1) is 0 Å². The Hall–Kier alpha value is -1.95. The van der Waals surface area contributed by atoms with Crippen molar-refractivity contribution in [2.75, 3.05) is 46.9 Å². The molecular formula is C18H30N4O2. The SMILES string of the molecule is CCCCN(C)CCNC(=NC)NCC1COc2ccccc2O1. The van der Waals surface area contributed by atoms with Gasteiger partial charge in [0.15, 0.2) is 17.5 Å². The summed E-state index contributed by atoms with van der Waals surface area (Å²) in [4.78, 5) is 6.59. The van der Waals surface area contributed by atoms with E-state index in [9.17, 15) is 0 Å². The molecule has 0 amide bonds. The Morgan fingerprint density at radius 3 is 2.79 bits per heavy atom. The molecule has 1 unspecified atom stereocenters. The predicted octanol–water partition coefficient (Wildman–Crippen LogP) is 1.72. The normalized spacial score (nSPS) is 17.0. The molecule has 1 aromatic rings. The summed E-state index contributed by atoms with van der Waals surface area (Å²) < 4.78 is 11.7. The van der Waals surface area contributed by atoms with Crippen LogP contribution in [0.5, 0.6) is 11.5 Å². The van der Waals surface area contributed by atoms with E-state index in [-0.39, 0.29) is 6.10 Å². The highest BCUT2D eigenvalue weighted by Crippen LogP contribution is 2.30. The molecule has 0 fully saturated rings. The van der Waals surface area contributed by atoms with Gasteiger partial charge in [0.2, 0.25) is 0 Å². The second-order valence-corrected chi connectivity index (χ2v) is 6.03. The minimum atomic E-state index is -0.0225. The quantitative estimate of drug-likeness (QED) is 0.560. The van der Waals surface area contributed by atoms with Crippen molar-refractivity contribution in [2.45, 2.75) is 25.9 Å². The van der Waals surface area contributed by atoms with Gasteiger partial charge in [-0.2, -0.15) is 0 Å². The summed E-state index contributed by atoms with van der Waals surface area (Å²) in [6.07, 6.45) is 2.45. The van der Waals surface area contributed by atoms with Crippen molar-refractivity contribution in [3.63, 3.8) is 0 Å². The van der Waals surface area contributed by atoms with E-state index in [0.717, 1.165) is 37.1 Å². The summed E-state index contributed by atoms with van der Waals surface area (Å²) in [5.74, 6) is 2.41. The van der Waals surface area contributed by atoms with Crippen LogP contribution in [0.4, 0.5) is 0 Å². The standard InChI is InChI=1S/C18H30N4O2/c1-4-5-11-22(3)12-10-20-18(19-2)21-13-15-14-23-16-8-6-7-9-17(16)24-15/h6-9,15H,4-5,10-14H2,1-3H3,(H2,19,20,21). The maximum atomic E-state index is 5.94. The van der Waals surface area contributed by atoms with Crippen LogP contribution in [-0.4, -0.2) is 63.8 Å². The number of unbranched alkanes of at least 4 members (excludes halogenated alkanes) is 1. The average Bonchev–Trinajstić information content (AvgIpc) is 2.62. The number of aliphatic imine (C=N–C) groups is 1. The smallest absolute Gasteiger partial charge is 0.191 e. The molecule has 0 saturated heterocycles. The van der Waals surface area contributed by atoms with Crippen LogP contribution in [-0.2, 0) is 0 Å². The molecule has 0 spiro atoms. The van der Waals surface area contributed by atoms with Gasteiger partial charge >= 0.3 is 0 Å². The van der Waals surface area contributed by atoms with E-state index in [2.05, 4.69) is 34.5 Å². The Labute approximate surface area is 145 Å². The zero-order valence-corrected chi connectivity index (χ0v) is 15.0. The highest BCUT2D eigenvalue weighted by atomic mass is 16.6. The van der Waals surface area contributed by atoms with Gasteiger partial charge in [0, 0.05) is 20.1 Å². The van der Waals surface area contributed by atoms with Crippen LogP contribution >= 0.6 is 0 Å². The fourth-order valence-corrected chi connectivity index (χ4v) is 2.50. The first-order valence-electron chi connectivity index (χ1n) is 8.74. The zero-order chi connectivity index (χ0) is 17.2. The third kappa shape index (κ3) is 5.92. The molecule has 1 aliphatic heterocycles. The fourth-order valence-electron chi connectivity index (χ4n) is 2.50. The third-order valence-electron chi connectivity index (χ3n) is 3.97. The summed E-state index contributed by atoms with van der Waals surface area (Å²) in [5, 5.41) is 6.64. The molecular weight excluding hydrogens is 304 g/mol. The molecule has 1 atom stereocenters. The number of benzene rings is 1. The molecule has 134 valence electrons. The minimum absolute atomic E-state index is 0.0225. The van der Waals surface area contributed by atoms with E-state index in [4.69, 9.17) is 9.47 Å². The molecule has 0 aliphatic carbocycles. The van der Waals surface area contributed by atoms with Crippen LogP contribution in [0.3, 0.4) is 0 Å². The molecule has 2 rings (SSSR count). The topological polar surface area (TPSA) is 58.1 Å². The summed E-state index contributed by atoms with van der Waals surface area (Å²) >= 11 is 0. The van der Waals surface area contributed by atoms with Crippen molar-refractivity contribution in [3.05, 3.63) is 24.3 Å². The number of guanidine groups is 1. The highest BCUT2D eigenvalue weighted by Gasteiger charge is 2.20. The molecule has 1 heterocycles. The summed E-state index contributed by atoms with van der Waals surface area (Å²) in [5.41, 5.74) is 0. The van der Waals surface area contributed by atoms with Gasteiger partial charge in [-0.25, -0.2) is 0 Å². The highest BCUT2D eigenvalue weighted by molar-refractivity contribution is 5.79. The minimum Gasteiger partial charge on any atom is -0.486 e. The lowest BCUT2D eigenvalue weighted by molar-refractivity contribution is 0.0936. The maximum Gasteiger partial charge on any atom is 0.191 e. The summed E-state index contributed by atoms with van der Waals surface area (Å²) in [6.45, 7) is 6.41. The number of fused-ring (bicyclic) bond motifs is 1. The van der Waals surface area contributed by atoms with Crippen LogP contribution in [0.1, 0.15) is 19.8 Å². The van der Waals surface area contributed by atoms with Gasteiger partial charge in [-0.3, -0.25) is 4.99 Å². The van der Waals surface area contributed by atoms with Crippen molar-refractivity contribution in [1.29, 1.82) is 0 Å². The Morgan fingerprint density at radius 1 is 1.25 bits per heavy atom. The number of likely N-dealkylation sites (N-methyl/N-ethyl adjacent to an activating group) is 1. The fraction of sp³-hybridized carbons (Fsp3) is 0.611. The molecule has 6 nitrogen and oxygen atoms in total. The first kappa shape index (κ1) is 18.4. The van der Waals surface area contributed by atoms with Gasteiger partial charge in [0.05, 0.1) is 6.54 Å². The summed E-state index contributed by atoms with van der Waals surface area (Å²) in [7, 11) is 3.93. The lowest BCUT2D eigenvalue weighted by atomic mass is 10.2. The van der Waals surface area contributed by atoms with Crippen molar-refractivity contribution in [1.82, 2.24) is 15.5 Å². The van der Waals surface area contributed by atoms with Crippen molar-refractivity contribution < 1.29 is 9.47 Å². The maximum absolute atomic E-state index is 5.94. The Morgan fingerprint density at radius 2 is 2.04 bits per heavy atom. The molecule has 2 N–H and O–H groups in total. The van der Waals surface area contributed by atoms with Crippen molar-refractivity contribution >= 4 is 5.96 Å². The van der Waals surface area contributed by atoms with Crippen LogP contribution < -0.4 is 20.1 Å². The molecule has 0 radical (unpaired) electrons. The zero-order valence-electron chi connectivity index (χ0n) is 15.0. The molecule has 1 aliphatic rings. The lowest BCUT2D eigenvalue weighted by Crippen LogP contribution is -2.46. The van der Waals surface area contributed by atoms with Crippen molar-refractivity contribution in [2.24, 2.45) is 4.99 Å². The van der Waals surface area contributed by atoms with Crippen LogP contribution in [0.15, 0.2) is 29.3 Å². The predicted molar refractivity (Wildman–Crippen MR) is 98.1 cm³/mol. The summed E-state index contributed by atoms with van der Waals surface area (Å²) in [6, 6.07) is 7.76. The van der Waals surface area contributed by atoms with E-state index in [1.807, 2.05) is 24.3 Å². The first-order chi connectivity index (χ1) is 11.7. The van der Waals surface area contributed by atoms with E-state index >= 15 is 0 Å². The van der Waals surface area contributed by atoms with Gasteiger partial charge in [0.1, 0.15) is 12.7 Å². The van der Waals surface area contributed by atoms with E-state index in [1.54, 1.807) is 7.05 Å². The van der Waals surface area contributed by atoms with E-state index in [1.165, 1.54) is 12.8 Å². The van der Waals surface area contributed by atoms with Gasteiger partial charge in [-0.1, -0.05) is 25.5 Å². The van der Waals surface area contributed by atoms with Gasteiger partial charge in [-0.05, 0) is 32.1 Å². The first-order valence-corrected chi connectivity index (χ1v) is 8.74. The second-order valence-electron chi connectivity index (χ2n) is 6.03. The van der Waals surface area contributed by atoms with Gasteiger partial charge in [0.25, 0.3) is 0 Å². The third-order valence-corrected chi connectivity index (χ3v) is 3.97. The molecule has 6 heteroatoms. The lowest BCUT2D eigenvalue weighted by Gasteiger charge is -2.27. The van der Waals surface area contributed by atoms with Crippen molar-refractivity contribution in [3.8, 4) is 11.5 Å². The monoisotopic (exact) mass is 334 g/mol.